The van der Waals surface area contributed by atoms with Gasteiger partial charge >= 0.3 is 0 Å². The number of nitrogens with zero attached hydrogens (tertiary/aromatic N) is 3. The van der Waals surface area contributed by atoms with Crippen molar-refractivity contribution in [1.29, 1.82) is 5.41 Å². The number of amidine groups is 1. The molecule has 0 bridgehead atoms. The highest BCUT2D eigenvalue weighted by atomic mass is 15.4. The van der Waals surface area contributed by atoms with Crippen molar-refractivity contribution in [2.75, 3.05) is 26.7 Å². The predicted molar refractivity (Wildman–Crippen MR) is 44.0 cm³/mol. The van der Waals surface area contributed by atoms with Crippen LogP contribution in [0.1, 0.15) is 6.42 Å². The Hall–Kier alpha value is -1.06. The highest BCUT2D eigenvalue weighted by Gasteiger charge is 2.27. The van der Waals surface area contributed by atoms with Crippen molar-refractivity contribution in [3.05, 3.63) is 0 Å². The van der Waals surface area contributed by atoms with Crippen LogP contribution in [-0.4, -0.2) is 48.3 Å². The van der Waals surface area contributed by atoms with Gasteiger partial charge in [-0.15, -0.1) is 0 Å². The molecule has 1 saturated heterocycles. The summed E-state index contributed by atoms with van der Waals surface area (Å²) in [4.78, 5) is 8.42. The molecular formula is C7H12N4. The minimum absolute atomic E-state index is 0.722. The number of aliphatic imine (C=N–C) groups is 1. The lowest BCUT2D eigenvalue weighted by Gasteiger charge is -2.33. The van der Waals surface area contributed by atoms with Gasteiger partial charge in [-0.25, -0.2) is 0 Å². The topological polar surface area (TPSA) is 42.7 Å². The number of rotatable bonds is 0. The average Bonchev–Trinajstić information content (AvgIpc) is 2.45. The Kier molecular flexibility index (Phi) is 1.34. The minimum Gasteiger partial charge on any atom is -0.345 e. The van der Waals surface area contributed by atoms with Gasteiger partial charge in [0.25, 0.3) is 0 Å². The molecule has 1 fully saturated rings. The van der Waals surface area contributed by atoms with Crippen molar-refractivity contribution in [3.8, 4) is 0 Å². The van der Waals surface area contributed by atoms with E-state index in [1.54, 1.807) is 0 Å². The first-order chi connectivity index (χ1) is 5.29. The van der Waals surface area contributed by atoms with Crippen molar-refractivity contribution in [2.24, 2.45) is 4.99 Å². The van der Waals surface area contributed by atoms with E-state index in [9.17, 15) is 0 Å². The van der Waals surface area contributed by atoms with E-state index in [2.05, 4.69) is 9.89 Å². The Labute approximate surface area is 66.0 Å². The van der Waals surface area contributed by atoms with Gasteiger partial charge in [0.2, 0.25) is 5.96 Å². The van der Waals surface area contributed by atoms with Crippen LogP contribution in [0.5, 0.6) is 0 Å². The van der Waals surface area contributed by atoms with Gasteiger partial charge < -0.3 is 4.90 Å². The molecule has 0 aliphatic carbocycles. The van der Waals surface area contributed by atoms with E-state index >= 15 is 0 Å². The van der Waals surface area contributed by atoms with Crippen LogP contribution in [0.4, 0.5) is 0 Å². The van der Waals surface area contributed by atoms with Crippen molar-refractivity contribution >= 4 is 11.8 Å². The molecule has 0 aromatic carbocycles. The molecule has 1 N–H and O–H groups in total. The Balaban J connectivity index is 2.24. The molecule has 0 saturated carbocycles. The lowest BCUT2D eigenvalue weighted by molar-refractivity contribution is 0.419. The Morgan fingerprint density at radius 3 is 3.00 bits per heavy atom. The number of hydrogen-bond acceptors (Lipinski definition) is 3. The molecule has 0 aromatic rings. The van der Waals surface area contributed by atoms with Crippen LogP contribution in [0.2, 0.25) is 0 Å². The van der Waals surface area contributed by atoms with E-state index in [1.165, 1.54) is 0 Å². The molecule has 0 radical (unpaired) electrons. The van der Waals surface area contributed by atoms with Crippen LogP contribution in [0.25, 0.3) is 0 Å². The molecule has 0 spiro atoms. The van der Waals surface area contributed by atoms with Gasteiger partial charge in [-0.05, 0) is 0 Å². The summed E-state index contributed by atoms with van der Waals surface area (Å²) < 4.78 is 0. The second-order valence-corrected chi connectivity index (χ2v) is 2.95. The summed E-state index contributed by atoms with van der Waals surface area (Å²) in [5.41, 5.74) is 0. The number of hydrogen-bond donors (Lipinski definition) is 1. The van der Waals surface area contributed by atoms with E-state index in [4.69, 9.17) is 5.41 Å². The van der Waals surface area contributed by atoms with Gasteiger partial charge in [-0.3, -0.25) is 15.3 Å². The summed E-state index contributed by atoms with van der Waals surface area (Å²) in [6.07, 6.45) is 0.857. The number of fused-ring (bicyclic) bond motifs is 1. The third kappa shape index (κ3) is 0.895. The summed E-state index contributed by atoms with van der Waals surface area (Å²) in [5, 5.41) is 7.62. The molecule has 60 valence electrons. The van der Waals surface area contributed by atoms with E-state index in [-0.39, 0.29) is 0 Å². The molecule has 4 heteroatoms. The van der Waals surface area contributed by atoms with Crippen LogP contribution in [0.15, 0.2) is 4.99 Å². The van der Waals surface area contributed by atoms with Gasteiger partial charge in [0, 0.05) is 26.6 Å². The second kappa shape index (κ2) is 2.22. The minimum atomic E-state index is 0.722. The maximum atomic E-state index is 7.62. The molecule has 2 aliphatic heterocycles. The van der Waals surface area contributed by atoms with E-state index < -0.39 is 0 Å². The number of guanidine groups is 1. The predicted octanol–water partition coefficient (Wildman–Crippen LogP) is -0.0292. The first-order valence-electron chi connectivity index (χ1n) is 3.89. The molecule has 2 aliphatic rings. The Bertz CT molecular complexity index is 220. The van der Waals surface area contributed by atoms with E-state index in [0.29, 0.717) is 0 Å². The summed E-state index contributed by atoms with van der Waals surface area (Å²) >= 11 is 0. The second-order valence-electron chi connectivity index (χ2n) is 2.95. The molecule has 0 aromatic heterocycles. The lowest BCUT2D eigenvalue weighted by atomic mass is 10.3. The summed E-state index contributed by atoms with van der Waals surface area (Å²) in [6, 6.07) is 0. The molecule has 0 atom stereocenters. The van der Waals surface area contributed by atoms with Gasteiger partial charge in [-0.2, -0.15) is 0 Å². The Morgan fingerprint density at radius 2 is 2.27 bits per heavy atom. The van der Waals surface area contributed by atoms with Crippen LogP contribution < -0.4 is 0 Å². The van der Waals surface area contributed by atoms with Crippen molar-refractivity contribution < 1.29 is 0 Å². The van der Waals surface area contributed by atoms with Crippen molar-refractivity contribution in [1.82, 2.24) is 9.80 Å². The highest BCUT2D eigenvalue weighted by molar-refractivity contribution is 6.01. The van der Waals surface area contributed by atoms with E-state index in [1.807, 2.05) is 11.9 Å². The van der Waals surface area contributed by atoms with Crippen molar-refractivity contribution in [2.45, 2.75) is 6.42 Å². The molecule has 11 heavy (non-hydrogen) atoms. The summed E-state index contributed by atoms with van der Waals surface area (Å²) in [7, 11) is 2.03. The zero-order valence-corrected chi connectivity index (χ0v) is 6.67. The monoisotopic (exact) mass is 152 g/mol. The quantitative estimate of drug-likeness (QED) is 0.529. The molecule has 4 nitrogen and oxygen atoms in total. The van der Waals surface area contributed by atoms with Crippen molar-refractivity contribution in [3.63, 3.8) is 0 Å². The zero-order chi connectivity index (χ0) is 7.84. The first kappa shape index (κ1) is 6.64. The normalized spacial score (nSPS) is 23.7. The van der Waals surface area contributed by atoms with Gasteiger partial charge in [0.15, 0.2) is 0 Å². The SMILES string of the molecule is CN1CCC(=N)N2CCN=C12. The van der Waals surface area contributed by atoms with Crippen LogP contribution in [-0.2, 0) is 0 Å². The van der Waals surface area contributed by atoms with Crippen LogP contribution in [0, 0.1) is 5.41 Å². The molecule has 2 rings (SSSR count). The fourth-order valence-corrected chi connectivity index (χ4v) is 1.53. The fourth-order valence-electron chi connectivity index (χ4n) is 1.53. The first-order valence-corrected chi connectivity index (χ1v) is 3.89. The smallest absolute Gasteiger partial charge is 0.201 e. The van der Waals surface area contributed by atoms with Crippen LogP contribution >= 0.6 is 0 Å². The van der Waals surface area contributed by atoms with Gasteiger partial charge in [-0.1, -0.05) is 0 Å². The number of nitrogens with one attached hydrogen (secondary N) is 1. The Morgan fingerprint density at radius 1 is 1.45 bits per heavy atom. The summed E-state index contributed by atoms with van der Waals surface area (Å²) in [6.45, 7) is 2.69. The summed E-state index contributed by atoms with van der Waals surface area (Å²) in [5.74, 6) is 1.71. The fraction of sp³-hybridized carbons (Fsp3) is 0.714. The maximum Gasteiger partial charge on any atom is 0.201 e. The molecule has 0 unspecified atom stereocenters. The molecule has 0 amide bonds. The van der Waals surface area contributed by atoms with E-state index in [0.717, 1.165) is 37.9 Å². The third-order valence-corrected chi connectivity index (χ3v) is 2.17. The zero-order valence-electron chi connectivity index (χ0n) is 6.67. The molecular weight excluding hydrogens is 140 g/mol. The largest absolute Gasteiger partial charge is 0.345 e. The van der Waals surface area contributed by atoms with Gasteiger partial charge in [0.05, 0.1) is 6.54 Å². The van der Waals surface area contributed by atoms with Crippen LogP contribution in [0.3, 0.4) is 0 Å². The highest BCUT2D eigenvalue weighted by Crippen LogP contribution is 2.12. The lowest BCUT2D eigenvalue weighted by Crippen LogP contribution is -2.49. The van der Waals surface area contributed by atoms with Gasteiger partial charge in [0.1, 0.15) is 5.84 Å². The third-order valence-electron chi connectivity index (χ3n) is 2.17. The molecule has 2 heterocycles. The maximum absolute atomic E-state index is 7.62. The average molecular weight is 152 g/mol. The standard InChI is InChI=1S/C7H12N4/c1-10-4-2-6(8)11-5-3-9-7(10)11/h8H,2-5H2,1H3.